The third kappa shape index (κ3) is 3.96. The quantitative estimate of drug-likeness (QED) is 0.689. The van der Waals surface area contributed by atoms with Gasteiger partial charge in [-0.3, -0.25) is 0 Å². The predicted molar refractivity (Wildman–Crippen MR) is 62.6 cm³/mol. The summed E-state index contributed by atoms with van der Waals surface area (Å²) in [5.41, 5.74) is -1.37. The molecule has 0 saturated carbocycles. The highest BCUT2D eigenvalue weighted by Crippen LogP contribution is 2.35. The molecule has 0 bridgehead atoms. The van der Waals surface area contributed by atoms with Crippen molar-refractivity contribution in [2.75, 3.05) is 6.54 Å². The van der Waals surface area contributed by atoms with Crippen LogP contribution in [0.1, 0.15) is 20.3 Å². The number of alkyl halides is 5. The lowest BCUT2D eigenvalue weighted by Crippen LogP contribution is -2.45. The second-order valence-electron chi connectivity index (χ2n) is 4.69. The van der Waals surface area contributed by atoms with Crippen molar-refractivity contribution in [3.63, 3.8) is 0 Å². The third-order valence-electron chi connectivity index (χ3n) is 2.70. The molecule has 0 atom stereocenters. The van der Waals surface area contributed by atoms with Gasteiger partial charge in [0.05, 0.1) is 6.42 Å². The monoisotopic (exact) mass is 333 g/mol. The smallest absolute Gasteiger partial charge is 0.367 e. The highest BCUT2D eigenvalue weighted by Gasteiger charge is 2.39. The second kappa shape index (κ2) is 5.19. The molecule has 0 saturated heterocycles. The Kier molecular flexibility index (Phi) is 4.46. The molecule has 1 heterocycles. The minimum atomic E-state index is -4.30. The van der Waals surface area contributed by atoms with Crippen LogP contribution in [0.15, 0.2) is 22.3 Å². The van der Waals surface area contributed by atoms with Crippen LogP contribution in [-0.2, 0) is 0 Å². The maximum Gasteiger partial charge on any atom is 0.391 e. The standard InChI is InChI=1S/C11H13BrF5N/c1-10(2,6-11(15,16)17)18-4-3-7(9(13)14)8(12)5-18/h3,5,9H,4,6H2,1-2H3. The van der Waals surface area contributed by atoms with Crippen molar-refractivity contribution < 1.29 is 22.0 Å². The predicted octanol–water partition coefficient (Wildman–Crippen LogP) is 4.46. The Bertz CT molecular complexity index is 370. The SMILES string of the molecule is CC(C)(CC(F)(F)F)N1C=C(Br)C(C(F)F)=CC1. The first-order valence-electron chi connectivity index (χ1n) is 5.22. The van der Waals surface area contributed by atoms with E-state index in [-0.39, 0.29) is 16.6 Å². The van der Waals surface area contributed by atoms with Crippen LogP contribution < -0.4 is 0 Å². The van der Waals surface area contributed by atoms with Crippen molar-refractivity contribution in [1.29, 1.82) is 0 Å². The number of rotatable bonds is 3. The summed E-state index contributed by atoms with van der Waals surface area (Å²) in [4.78, 5) is 1.40. The molecule has 0 amide bonds. The van der Waals surface area contributed by atoms with Gasteiger partial charge in [0.2, 0.25) is 0 Å². The Balaban J connectivity index is 2.84. The average molecular weight is 334 g/mol. The summed E-state index contributed by atoms with van der Waals surface area (Å²) in [6, 6.07) is 0. The number of hydrogen-bond donors (Lipinski definition) is 0. The molecule has 0 unspecified atom stereocenters. The van der Waals surface area contributed by atoms with E-state index in [2.05, 4.69) is 15.9 Å². The van der Waals surface area contributed by atoms with Crippen LogP contribution >= 0.6 is 15.9 Å². The van der Waals surface area contributed by atoms with Crippen molar-refractivity contribution in [3.8, 4) is 0 Å². The number of halogens is 6. The van der Waals surface area contributed by atoms with Crippen LogP contribution in [0.2, 0.25) is 0 Å². The molecule has 0 aromatic carbocycles. The summed E-state index contributed by atoms with van der Waals surface area (Å²) < 4.78 is 62.4. The lowest BCUT2D eigenvalue weighted by Gasteiger charge is -2.40. The van der Waals surface area contributed by atoms with E-state index in [1.165, 1.54) is 31.0 Å². The molecule has 1 nitrogen and oxygen atoms in total. The molecule has 1 aliphatic rings. The summed E-state index contributed by atoms with van der Waals surface area (Å²) in [7, 11) is 0. The topological polar surface area (TPSA) is 3.24 Å². The van der Waals surface area contributed by atoms with E-state index in [9.17, 15) is 22.0 Å². The molecule has 0 radical (unpaired) electrons. The van der Waals surface area contributed by atoms with E-state index in [4.69, 9.17) is 0 Å². The zero-order valence-corrected chi connectivity index (χ0v) is 11.4. The number of hydrogen-bond acceptors (Lipinski definition) is 1. The Morgan fingerprint density at radius 2 is 1.89 bits per heavy atom. The van der Waals surface area contributed by atoms with Gasteiger partial charge in [-0.1, -0.05) is 6.08 Å². The zero-order chi connectivity index (χ0) is 14.1. The normalized spacial score (nSPS) is 17.9. The van der Waals surface area contributed by atoms with Gasteiger partial charge in [-0.2, -0.15) is 13.2 Å². The number of nitrogens with zero attached hydrogens (tertiary/aromatic N) is 1. The van der Waals surface area contributed by atoms with Gasteiger partial charge < -0.3 is 4.90 Å². The van der Waals surface area contributed by atoms with E-state index < -0.39 is 24.6 Å². The fourth-order valence-corrected chi connectivity index (χ4v) is 2.35. The molecule has 1 aliphatic heterocycles. The fraction of sp³-hybridized carbons (Fsp3) is 0.636. The second-order valence-corrected chi connectivity index (χ2v) is 5.55. The minimum absolute atomic E-state index is 0.0395. The van der Waals surface area contributed by atoms with Crippen LogP contribution in [0.5, 0.6) is 0 Å². The van der Waals surface area contributed by atoms with Crippen LogP contribution in [0, 0.1) is 0 Å². The molecule has 1 rings (SSSR count). The minimum Gasteiger partial charge on any atom is -0.367 e. The summed E-state index contributed by atoms with van der Waals surface area (Å²) in [6.07, 6.45) is -5.39. The maximum absolute atomic E-state index is 12.5. The van der Waals surface area contributed by atoms with E-state index >= 15 is 0 Å². The molecule has 104 valence electrons. The Morgan fingerprint density at radius 3 is 2.28 bits per heavy atom. The molecule has 7 heteroatoms. The molecule has 0 N–H and O–H groups in total. The summed E-state index contributed by atoms with van der Waals surface area (Å²) in [5.74, 6) is 0. The van der Waals surface area contributed by atoms with Gasteiger partial charge in [-0.25, -0.2) is 8.78 Å². The van der Waals surface area contributed by atoms with Gasteiger partial charge in [0.1, 0.15) is 0 Å². The Hall–Kier alpha value is -0.590. The zero-order valence-electron chi connectivity index (χ0n) is 9.86. The average Bonchev–Trinajstić information content (AvgIpc) is 2.12. The summed E-state index contributed by atoms with van der Waals surface area (Å²) >= 11 is 2.96. The molecular weight excluding hydrogens is 321 g/mol. The fourth-order valence-electron chi connectivity index (χ4n) is 1.77. The van der Waals surface area contributed by atoms with Gasteiger partial charge in [-0.05, 0) is 29.8 Å². The Morgan fingerprint density at radius 1 is 1.33 bits per heavy atom. The summed E-state index contributed by atoms with van der Waals surface area (Å²) in [5, 5.41) is 0. The van der Waals surface area contributed by atoms with Crippen LogP contribution in [-0.4, -0.2) is 29.6 Å². The van der Waals surface area contributed by atoms with Gasteiger partial charge >= 0.3 is 6.18 Å². The van der Waals surface area contributed by atoms with Crippen LogP contribution in [0.25, 0.3) is 0 Å². The van der Waals surface area contributed by atoms with Crippen molar-refractivity contribution >= 4 is 15.9 Å². The maximum atomic E-state index is 12.5. The molecule has 0 aromatic heterocycles. The van der Waals surface area contributed by atoms with Crippen LogP contribution in [0.3, 0.4) is 0 Å². The third-order valence-corrected chi connectivity index (χ3v) is 3.36. The van der Waals surface area contributed by atoms with Crippen molar-refractivity contribution in [2.45, 2.75) is 38.4 Å². The molecule has 0 fully saturated rings. The van der Waals surface area contributed by atoms with Crippen LogP contribution in [0.4, 0.5) is 22.0 Å². The molecular formula is C11H13BrF5N. The molecule has 18 heavy (non-hydrogen) atoms. The van der Waals surface area contributed by atoms with E-state index in [0.29, 0.717) is 0 Å². The van der Waals surface area contributed by atoms with Gasteiger partial charge in [0.25, 0.3) is 6.43 Å². The molecule has 0 spiro atoms. The van der Waals surface area contributed by atoms with Crippen molar-refractivity contribution in [3.05, 3.63) is 22.3 Å². The first kappa shape index (κ1) is 15.5. The first-order valence-corrected chi connectivity index (χ1v) is 6.01. The van der Waals surface area contributed by atoms with E-state index in [1.54, 1.807) is 0 Å². The summed E-state index contributed by atoms with van der Waals surface area (Å²) in [6.45, 7) is 2.90. The lowest BCUT2D eigenvalue weighted by atomic mass is 9.96. The highest BCUT2D eigenvalue weighted by molar-refractivity contribution is 9.12. The highest BCUT2D eigenvalue weighted by atomic mass is 79.9. The van der Waals surface area contributed by atoms with Gasteiger partial charge in [0, 0.05) is 28.3 Å². The van der Waals surface area contributed by atoms with E-state index in [0.717, 1.165) is 0 Å². The Labute approximate surface area is 110 Å². The van der Waals surface area contributed by atoms with Crippen molar-refractivity contribution in [1.82, 2.24) is 4.90 Å². The van der Waals surface area contributed by atoms with Gasteiger partial charge in [-0.15, -0.1) is 0 Å². The van der Waals surface area contributed by atoms with E-state index in [1.807, 2.05) is 0 Å². The molecule has 0 aromatic rings. The lowest BCUT2D eigenvalue weighted by molar-refractivity contribution is -0.155. The first-order chi connectivity index (χ1) is 8.03. The molecule has 0 aliphatic carbocycles. The van der Waals surface area contributed by atoms with Gasteiger partial charge in [0.15, 0.2) is 0 Å². The van der Waals surface area contributed by atoms with Crippen molar-refractivity contribution in [2.24, 2.45) is 0 Å². The number of allylic oxidation sites excluding steroid dienone is 2. The largest absolute Gasteiger partial charge is 0.391 e.